The summed E-state index contributed by atoms with van der Waals surface area (Å²) < 4.78 is 0. The van der Waals surface area contributed by atoms with Crippen LogP contribution in [0.2, 0.25) is 5.02 Å². The van der Waals surface area contributed by atoms with Gasteiger partial charge in [0.25, 0.3) is 0 Å². The molecule has 0 N–H and O–H groups in total. The largest absolute Gasteiger partial charge is 0.281 e. The van der Waals surface area contributed by atoms with Crippen molar-refractivity contribution in [2.45, 2.75) is 12.8 Å². The van der Waals surface area contributed by atoms with E-state index in [4.69, 9.17) is 11.6 Å². The van der Waals surface area contributed by atoms with E-state index < -0.39 is 0 Å². The Morgan fingerprint density at radius 2 is 2.08 bits per heavy atom. The minimum absolute atomic E-state index is 0.0855. The second-order valence-electron chi connectivity index (χ2n) is 2.85. The van der Waals surface area contributed by atoms with Gasteiger partial charge in [-0.25, -0.2) is 9.97 Å². The summed E-state index contributed by atoms with van der Waals surface area (Å²) in [6.07, 6.45) is 4.46. The van der Waals surface area contributed by atoms with Crippen LogP contribution in [0.15, 0.2) is 12.4 Å². The van der Waals surface area contributed by atoms with Gasteiger partial charge < -0.3 is 0 Å². The average molecular weight is 198 g/mol. The van der Waals surface area contributed by atoms with E-state index in [-0.39, 0.29) is 5.91 Å². The summed E-state index contributed by atoms with van der Waals surface area (Å²) in [5, 5.41) is 0.482. The van der Waals surface area contributed by atoms with Crippen LogP contribution in [-0.4, -0.2) is 22.4 Å². The third kappa shape index (κ3) is 1.62. The fourth-order valence-corrected chi connectivity index (χ4v) is 1.40. The minimum Gasteiger partial charge on any atom is -0.281 e. The Balaban J connectivity index is 2.25. The number of amides is 1. The molecular weight excluding hydrogens is 190 g/mol. The predicted molar refractivity (Wildman–Crippen MR) is 48.6 cm³/mol. The first-order chi connectivity index (χ1) is 6.27. The lowest BCUT2D eigenvalue weighted by Crippen LogP contribution is -2.25. The molecule has 0 atom stereocenters. The van der Waals surface area contributed by atoms with Crippen molar-refractivity contribution in [2.75, 3.05) is 11.4 Å². The van der Waals surface area contributed by atoms with Crippen LogP contribution in [0.25, 0.3) is 0 Å². The van der Waals surface area contributed by atoms with E-state index >= 15 is 0 Å². The number of carbonyl (C=O) groups excluding carboxylic acids is 1. The Hall–Kier alpha value is -1.16. The van der Waals surface area contributed by atoms with Gasteiger partial charge in [-0.3, -0.25) is 9.69 Å². The standard InChI is InChI=1S/C8H8ClN3O/c9-6-4-10-8(11-5-6)12-3-1-2-7(12)13/h4-5H,1-3H2. The van der Waals surface area contributed by atoms with E-state index in [1.54, 1.807) is 4.90 Å². The van der Waals surface area contributed by atoms with Crippen LogP contribution in [0.1, 0.15) is 12.8 Å². The van der Waals surface area contributed by atoms with Gasteiger partial charge in [0.15, 0.2) is 0 Å². The van der Waals surface area contributed by atoms with Crippen LogP contribution in [-0.2, 0) is 4.79 Å². The molecule has 1 amide bonds. The summed E-state index contributed by atoms with van der Waals surface area (Å²) in [7, 11) is 0. The summed E-state index contributed by atoms with van der Waals surface area (Å²) in [5.41, 5.74) is 0. The van der Waals surface area contributed by atoms with E-state index in [0.717, 1.165) is 6.42 Å². The Labute approximate surface area is 80.5 Å². The first-order valence-corrected chi connectivity index (χ1v) is 4.43. The molecule has 1 aliphatic heterocycles. The zero-order chi connectivity index (χ0) is 9.26. The molecule has 0 bridgehead atoms. The summed E-state index contributed by atoms with van der Waals surface area (Å²) in [6.45, 7) is 0.709. The second kappa shape index (κ2) is 3.30. The molecule has 0 aromatic carbocycles. The lowest BCUT2D eigenvalue weighted by atomic mass is 10.4. The number of rotatable bonds is 1. The molecule has 1 aromatic rings. The van der Waals surface area contributed by atoms with Crippen molar-refractivity contribution in [3.05, 3.63) is 17.4 Å². The maximum absolute atomic E-state index is 11.3. The van der Waals surface area contributed by atoms with Gasteiger partial charge in [0.1, 0.15) is 0 Å². The van der Waals surface area contributed by atoms with Gasteiger partial charge in [-0.05, 0) is 6.42 Å². The topological polar surface area (TPSA) is 46.1 Å². The second-order valence-corrected chi connectivity index (χ2v) is 3.29. The van der Waals surface area contributed by atoms with Crippen LogP contribution >= 0.6 is 11.6 Å². The Bertz CT molecular complexity index is 325. The lowest BCUT2D eigenvalue weighted by Gasteiger charge is -2.11. The molecule has 0 unspecified atom stereocenters. The highest BCUT2D eigenvalue weighted by Gasteiger charge is 2.23. The molecule has 2 rings (SSSR count). The van der Waals surface area contributed by atoms with Gasteiger partial charge >= 0.3 is 0 Å². The van der Waals surface area contributed by atoms with Gasteiger partial charge in [0, 0.05) is 13.0 Å². The highest BCUT2D eigenvalue weighted by molar-refractivity contribution is 6.30. The zero-order valence-electron chi connectivity index (χ0n) is 6.90. The highest BCUT2D eigenvalue weighted by Crippen LogP contribution is 2.17. The van der Waals surface area contributed by atoms with Crippen LogP contribution in [0, 0.1) is 0 Å². The van der Waals surface area contributed by atoms with Crippen molar-refractivity contribution in [2.24, 2.45) is 0 Å². The van der Waals surface area contributed by atoms with Gasteiger partial charge in [-0.2, -0.15) is 0 Å². The molecule has 1 saturated heterocycles. The third-order valence-electron chi connectivity index (χ3n) is 1.92. The van der Waals surface area contributed by atoms with Gasteiger partial charge in [0.05, 0.1) is 17.4 Å². The quantitative estimate of drug-likeness (QED) is 0.681. The molecule has 0 radical (unpaired) electrons. The summed E-state index contributed by atoms with van der Waals surface area (Å²) >= 11 is 5.63. The molecule has 1 aliphatic rings. The van der Waals surface area contributed by atoms with Crippen molar-refractivity contribution in [3.63, 3.8) is 0 Å². The molecule has 5 heteroatoms. The fraction of sp³-hybridized carbons (Fsp3) is 0.375. The number of hydrogen-bond acceptors (Lipinski definition) is 3. The highest BCUT2D eigenvalue weighted by atomic mass is 35.5. The van der Waals surface area contributed by atoms with Crippen molar-refractivity contribution in [1.82, 2.24) is 9.97 Å². The Kier molecular flexibility index (Phi) is 2.14. The molecule has 13 heavy (non-hydrogen) atoms. The number of nitrogens with zero attached hydrogens (tertiary/aromatic N) is 3. The van der Waals surface area contributed by atoms with Crippen molar-refractivity contribution in [1.29, 1.82) is 0 Å². The number of halogens is 1. The van der Waals surface area contributed by atoms with Crippen LogP contribution < -0.4 is 4.90 Å². The molecule has 0 saturated carbocycles. The number of carbonyl (C=O) groups is 1. The van der Waals surface area contributed by atoms with Crippen molar-refractivity contribution < 1.29 is 4.79 Å². The molecule has 4 nitrogen and oxygen atoms in total. The normalized spacial score (nSPS) is 16.7. The first kappa shape index (κ1) is 8.44. The number of hydrogen-bond donors (Lipinski definition) is 0. The fourth-order valence-electron chi connectivity index (χ4n) is 1.30. The number of anilines is 1. The Morgan fingerprint density at radius 1 is 1.38 bits per heavy atom. The maximum atomic E-state index is 11.3. The molecular formula is C8H8ClN3O. The van der Waals surface area contributed by atoms with E-state index in [2.05, 4.69) is 9.97 Å². The third-order valence-corrected chi connectivity index (χ3v) is 2.12. The summed E-state index contributed by atoms with van der Waals surface area (Å²) in [6, 6.07) is 0. The monoisotopic (exact) mass is 197 g/mol. The molecule has 0 aliphatic carbocycles. The molecule has 1 aromatic heterocycles. The smallest absolute Gasteiger partial charge is 0.232 e. The molecule has 2 heterocycles. The summed E-state index contributed by atoms with van der Waals surface area (Å²) in [4.78, 5) is 20.8. The molecule has 1 fully saturated rings. The number of aromatic nitrogens is 2. The van der Waals surface area contributed by atoms with E-state index in [9.17, 15) is 4.79 Å². The van der Waals surface area contributed by atoms with Crippen molar-refractivity contribution >= 4 is 23.5 Å². The van der Waals surface area contributed by atoms with Crippen LogP contribution in [0.4, 0.5) is 5.95 Å². The van der Waals surface area contributed by atoms with Crippen LogP contribution in [0.5, 0.6) is 0 Å². The molecule has 0 spiro atoms. The molecule has 68 valence electrons. The average Bonchev–Trinajstić information content (AvgIpc) is 2.53. The summed E-state index contributed by atoms with van der Waals surface area (Å²) in [5.74, 6) is 0.536. The lowest BCUT2D eigenvalue weighted by molar-refractivity contribution is -0.117. The van der Waals surface area contributed by atoms with E-state index in [1.165, 1.54) is 12.4 Å². The van der Waals surface area contributed by atoms with E-state index in [0.29, 0.717) is 23.9 Å². The predicted octanol–water partition coefficient (Wildman–Crippen LogP) is 1.26. The Morgan fingerprint density at radius 3 is 2.62 bits per heavy atom. The SMILES string of the molecule is O=C1CCCN1c1ncc(Cl)cn1. The zero-order valence-corrected chi connectivity index (χ0v) is 7.66. The van der Waals surface area contributed by atoms with Gasteiger partial charge in [-0.1, -0.05) is 11.6 Å². The van der Waals surface area contributed by atoms with Gasteiger partial charge in [-0.15, -0.1) is 0 Å². The minimum atomic E-state index is 0.0855. The van der Waals surface area contributed by atoms with Crippen molar-refractivity contribution in [3.8, 4) is 0 Å². The first-order valence-electron chi connectivity index (χ1n) is 4.05. The maximum Gasteiger partial charge on any atom is 0.232 e. The van der Waals surface area contributed by atoms with Crippen LogP contribution in [0.3, 0.4) is 0 Å². The van der Waals surface area contributed by atoms with E-state index in [1.807, 2.05) is 0 Å². The van der Waals surface area contributed by atoms with Gasteiger partial charge in [0.2, 0.25) is 11.9 Å².